The highest BCUT2D eigenvalue weighted by molar-refractivity contribution is 4.94. The molecular formula is C13H25NO3. The fourth-order valence-corrected chi connectivity index (χ4v) is 3.00. The topological polar surface area (TPSA) is 53.7 Å². The van der Waals surface area contributed by atoms with Crippen LogP contribution in [0.3, 0.4) is 0 Å². The van der Waals surface area contributed by atoms with Crippen molar-refractivity contribution < 1.29 is 14.2 Å². The summed E-state index contributed by atoms with van der Waals surface area (Å²) in [6, 6.07) is 0.125. The van der Waals surface area contributed by atoms with Crippen molar-refractivity contribution in [2.75, 3.05) is 33.5 Å². The lowest BCUT2D eigenvalue weighted by atomic mass is 9.80. The molecule has 0 bridgehead atoms. The van der Waals surface area contributed by atoms with Gasteiger partial charge in [-0.1, -0.05) is 0 Å². The number of rotatable bonds is 4. The van der Waals surface area contributed by atoms with Gasteiger partial charge in [0.15, 0.2) is 0 Å². The maximum atomic E-state index is 6.40. The van der Waals surface area contributed by atoms with Crippen LogP contribution in [0.1, 0.15) is 32.1 Å². The predicted molar refractivity (Wildman–Crippen MR) is 65.9 cm³/mol. The molecular weight excluding hydrogens is 218 g/mol. The second-order valence-electron chi connectivity index (χ2n) is 5.28. The lowest BCUT2D eigenvalue weighted by Gasteiger charge is -2.42. The van der Waals surface area contributed by atoms with E-state index in [9.17, 15) is 0 Å². The number of ether oxygens (including phenoxy) is 3. The van der Waals surface area contributed by atoms with Crippen LogP contribution < -0.4 is 5.73 Å². The zero-order chi connectivity index (χ0) is 12.1. The van der Waals surface area contributed by atoms with Crippen LogP contribution in [-0.2, 0) is 14.2 Å². The van der Waals surface area contributed by atoms with Gasteiger partial charge in [0.1, 0.15) is 0 Å². The SMILES string of the molecule is COC1(C(N)CC2CCOCC2)CCOCC1. The van der Waals surface area contributed by atoms with Gasteiger partial charge in [0.25, 0.3) is 0 Å². The Bertz CT molecular complexity index is 223. The number of hydrogen-bond donors (Lipinski definition) is 1. The van der Waals surface area contributed by atoms with Crippen molar-refractivity contribution >= 4 is 0 Å². The monoisotopic (exact) mass is 243 g/mol. The van der Waals surface area contributed by atoms with Gasteiger partial charge in [0.05, 0.1) is 5.60 Å². The standard InChI is InChI=1S/C13H25NO3/c1-15-13(4-8-17-9-5-13)12(14)10-11-2-6-16-7-3-11/h11-12H,2-10,14H2,1H3. The first kappa shape index (κ1) is 13.3. The van der Waals surface area contributed by atoms with Crippen LogP contribution in [0.2, 0.25) is 0 Å². The van der Waals surface area contributed by atoms with Gasteiger partial charge in [-0.2, -0.15) is 0 Å². The molecule has 2 rings (SSSR count). The summed E-state index contributed by atoms with van der Waals surface area (Å²) in [5.41, 5.74) is 6.25. The molecule has 17 heavy (non-hydrogen) atoms. The summed E-state index contributed by atoms with van der Waals surface area (Å²) in [5, 5.41) is 0. The van der Waals surface area contributed by atoms with Gasteiger partial charge >= 0.3 is 0 Å². The van der Waals surface area contributed by atoms with Crippen molar-refractivity contribution in [2.24, 2.45) is 11.7 Å². The number of hydrogen-bond acceptors (Lipinski definition) is 4. The highest BCUT2D eigenvalue weighted by Gasteiger charge is 2.39. The minimum absolute atomic E-state index is 0.125. The molecule has 100 valence electrons. The molecule has 0 aromatic heterocycles. The molecule has 2 saturated heterocycles. The molecule has 2 heterocycles. The van der Waals surface area contributed by atoms with Crippen molar-refractivity contribution in [1.82, 2.24) is 0 Å². The Hall–Kier alpha value is -0.160. The van der Waals surface area contributed by atoms with E-state index >= 15 is 0 Å². The predicted octanol–water partition coefficient (Wildman–Crippen LogP) is 1.33. The second kappa shape index (κ2) is 6.14. The molecule has 2 aliphatic heterocycles. The zero-order valence-corrected chi connectivity index (χ0v) is 10.8. The van der Waals surface area contributed by atoms with Gasteiger partial charge in [0, 0.05) is 52.4 Å². The first-order chi connectivity index (χ1) is 8.27. The van der Waals surface area contributed by atoms with Gasteiger partial charge in [0.2, 0.25) is 0 Å². The second-order valence-corrected chi connectivity index (χ2v) is 5.28. The molecule has 4 nitrogen and oxygen atoms in total. The number of methoxy groups -OCH3 is 1. The maximum Gasteiger partial charge on any atom is 0.0872 e. The quantitative estimate of drug-likeness (QED) is 0.809. The van der Waals surface area contributed by atoms with Crippen molar-refractivity contribution in [3.05, 3.63) is 0 Å². The maximum absolute atomic E-state index is 6.40. The van der Waals surface area contributed by atoms with E-state index in [2.05, 4.69) is 0 Å². The van der Waals surface area contributed by atoms with Crippen LogP contribution in [0.15, 0.2) is 0 Å². The Morgan fingerprint density at radius 3 is 2.35 bits per heavy atom. The fourth-order valence-electron chi connectivity index (χ4n) is 3.00. The lowest BCUT2D eigenvalue weighted by Crippen LogP contribution is -2.53. The van der Waals surface area contributed by atoms with Gasteiger partial charge in [-0.25, -0.2) is 0 Å². The Labute approximate surface area is 104 Å². The molecule has 0 aromatic carbocycles. The van der Waals surface area contributed by atoms with E-state index in [0.717, 1.165) is 58.5 Å². The lowest BCUT2D eigenvalue weighted by molar-refractivity contribution is -0.108. The molecule has 0 amide bonds. The van der Waals surface area contributed by atoms with Crippen LogP contribution in [0.25, 0.3) is 0 Å². The van der Waals surface area contributed by atoms with E-state index in [1.54, 1.807) is 7.11 Å². The minimum atomic E-state index is -0.156. The average molecular weight is 243 g/mol. The highest BCUT2D eigenvalue weighted by atomic mass is 16.5. The fraction of sp³-hybridized carbons (Fsp3) is 1.00. The summed E-state index contributed by atoms with van der Waals surface area (Å²) in [5.74, 6) is 0.702. The first-order valence-corrected chi connectivity index (χ1v) is 6.73. The first-order valence-electron chi connectivity index (χ1n) is 6.73. The Morgan fingerprint density at radius 2 is 1.76 bits per heavy atom. The van der Waals surface area contributed by atoms with E-state index in [4.69, 9.17) is 19.9 Å². The molecule has 2 N–H and O–H groups in total. The summed E-state index contributed by atoms with van der Waals surface area (Å²) >= 11 is 0. The van der Waals surface area contributed by atoms with Crippen LogP contribution in [-0.4, -0.2) is 45.2 Å². The summed E-state index contributed by atoms with van der Waals surface area (Å²) in [6.07, 6.45) is 5.19. The molecule has 0 aromatic rings. The third-order valence-electron chi connectivity index (χ3n) is 4.35. The van der Waals surface area contributed by atoms with Crippen LogP contribution in [0.4, 0.5) is 0 Å². The van der Waals surface area contributed by atoms with Crippen molar-refractivity contribution in [2.45, 2.75) is 43.7 Å². The highest BCUT2D eigenvalue weighted by Crippen LogP contribution is 2.32. The molecule has 2 fully saturated rings. The van der Waals surface area contributed by atoms with Crippen molar-refractivity contribution in [1.29, 1.82) is 0 Å². The van der Waals surface area contributed by atoms with E-state index in [-0.39, 0.29) is 11.6 Å². The van der Waals surface area contributed by atoms with E-state index in [1.165, 1.54) is 0 Å². The van der Waals surface area contributed by atoms with Gasteiger partial charge in [-0.05, 0) is 25.2 Å². The van der Waals surface area contributed by atoms with E-state index in [0.29, 0.717) is 5.92 Å². The summed E-state index contributed by atoms with van der Waals surface area (Å²) in [4.78, 5) is 0. The Morgan fingerprint density at radius 1 is 1.18 bits per heavy atom. The Balaban J connectivity index is 1.89. The molecule has 1 atom stereocenters. The van der Waals surface area contributed by atoms with Gasteiger partial charge in [-0.3, -0.25) is 0 Å². The third kappa shape index (κ3) is 3.19. The normalized spacial score (nSPS) is 27.9. The smallest absolute Gasteiger partial charge is 0.0872 e. The van der Waals surface area contributed by atoms with Gasteiger partial charge in [-0.15, -0.1) is 0 Å². The number of nitrogens with two attached hydrogens (primary N) is 1. The summed E-state index contributed by atoms with van der Waals surface area (Å²) in [7, 11) is 1.79. The van der Waals surface area contributed by atoms with Gasteiger partial charge < -0.3 is 19.9 Å². The van der Waals surface area contributed by atoms with Crippen molar-refractivity contribution in [3.8, 4) is 0 Å². The van der Waals surface area contributed by atoms with Crippen LogP contribution >= 0.6 is 0 Å². The molecule has 0 saturated carbocycles. The van der Waals surface area contributed by atoms with Crippen LogP contribution in [0.5, 0.6) is 0 Å². The van der Waals surface area contributed by atoms with Crippen molar-refractivity contribution in [3.63, 3.8) is 0 Å². The third-order valence-corrected chi connectivity index (χ3v) is 4.35. The minimum Gasteiger partial charge on any atom is -0.381 e. The molecule has 0 radical (unpaired) electrons. The molecule has 2 aliphatic rings. The largest absolute Gasteiger partial charge is 0.381 e. The summed E-state index contributed by atoms with van der Waals surface area (Å²) in [6.45, 7) is 3.32. The Kier molecular flexibility index (Phi) is 4.79. The molecule has 0 aliphatic carbocycles. The molecule has 1 unspecified atom stereocenters. The summed E-state index contributed by atoms with van der Waals surface area (Å²) < 4.78 is 16.5. The molecule has 0 spiro atoms. The van der Waals surface area contributed by atoms with E-state index in [1.807, 2.05) is 0 Å². The zero-order valence-electron chi connectivity index (χ0n) is 10.8. The van der Waals surface area contributed by atoms with Crippen LogP contribution in [0, 0.1) is 5.92 Å². The molecule has 4 heteroatoms. The van der Waals surface area contributed by atoms with E-state index < -0.39 is 0 Å². The average Bonchev–Trinajstić information content (AvgIpc) is 2.40.